The van der Waals surface area contributed by atoms with Crippen molar-refractivity contribution in [2.24, 2.45) is 0 Å². The van der Waals surface area contributed by atoms with Gasteiger partial charge in [0.1, 0.15) is 18.3 Å². The number of methoxy groups -OCH3 is 1. The molecule has 242 valence electrons. The number of hydrogen-bond donors (Lipinski definition) is 1. The molecular formula is C36H40ClN3O5S. The highest BCUT2D eigenvalue weighted by Crippen LogP contribution is 2.27. The molecule has 46 heavy (non-hydrogen) atoms. The molecule has 0 aliphatic rings. The maximum absolute atomic E-state index is 14.5. The molecule has 0 aliphatic heterocycles. The third-order valence-electron chi connectivity index (χ3n) is 7.59. The second kappa shape index (κ2) is 16.3. The third kappa shape index (κ3) is 9.11. The van der Waals surface area contributed by atoms with Gasteiger partial charge in [0.25, 0.3) is 10.0 Å². The Morgan fingerprint density at radius 2 is 1.57 bits per heavy atom. The van der Waals surface area contributed by atoms with E-state index >= 15 is 0 Å². The molecule has 0 aromatic heterocycles. The average molecular weight is 662 g/mol. The third-order valence-corrected chi connectivity index (χ3v) is 9.63. The number of benzene rings is 4. The number of nitrogens with zero attached hydrogens (tertiary/aromatic N) is 2. The minimum Gasteiger partial charge on any atom is -0.497 e. The van der Waals surface area contributed by atoms with Gasteiger partial charge in [0, 0.05) is 24.5 Å². The van der Waals surface area contributed by atoms with Crippen molar-refractivity contribution >= 4 is 39.1 Å². The largest absolute Gasteiger partial charge is 0.497 e. The zero-order valence-electron chi connectivity index (χ0n) is 26.4. The first kappa shape index (κ1) is 34.5. The fraction of sp³-hybridized carbons (Fsp3) is 0.278. The number of unbranched alkanes of at least 4 members (excludes halogenated alkanes) is 1. The van der Waals surface area contributed by atoms with Crippen molar-refractivity contribution in [3.05, 3.63) is 125 Å². The molecule has 0 spiro atoms. The van der Waals surface area contributed by atoms with Gasteiger partial charge in [-0.1, -0.05) is 85.1 Å². The highest BCUT2D eigenvalue weighted by Gasteiger charge is 2.34. The SMILES string of the molecule is CCCCNC(=O)[C@@H](Cc1ccccc1)N(Cc1cccc(OC)c1)C(=O)CN(c1ccc(Cl)cc1)S(=O)(=O)c1ccc(C)cc1. The summed E-state index contributed by atoms with van der Waals surface area (Å²) in [6, 6.07) is 28.5. The van der Waals surface area contributed by atoms with Crippen molar-refractivity contribution in [1.82, 2.24) is 10.2 Å². The van der Waals surface area contributed by atoms with E-state index in [1.54, 1.807) is 55.6 Å². The Bertz CT molecular complexity index is 1700. The van der Waals surface area contributed by atoms with Gasteiger partial charge >= 0.3 is 0 Å². The Balaban J connectivity index is 1.79. The molecule has 0 aliphatic carbocycles. The van der Waals surface area contributed by atoms with Gasteiger partial charge in [-0.15, -0.1) is 0 Å². The van der Waals surface area contributed by atoms with Crippen LogP contribution < -0.4 is 14.4 Å². The zero-order valence-corrected chi connectivity index (χ0v) is 27.9. The van der Waals surface area contributed by atoms with E-state index in [1.807, 2.05) is 56.3 Å². The van der Waals surface area contributed by atoms with E-state index in [-0.39, 0.29) is 29.5 Å². The molecule has 4 rings (SSSR count). The van der Waals surface area contributed by atoms with Crippen molar-refractivity contribution in [3.63, 3.8) is 0 Å². The van der Waals surface area contributed by atoms with E-state index in [1.165, 1.54) is 17.0 Å². The molecule has 1 atom stereocenters. The molecular weight excluding hydrogens is 622 g/mol. The predicted octanol–water partition coefficient (Wildman–Crippen LogP) is 6.41. The normalized spacial score (nSPS) is 11.8. The molecule has 4 aromatic rings. The topological polar surface area (TPSA) is 96.0 Å². The molecule has 0 radical (unpaired) electrons. The minimum atomic E-state index is -4.20. The van der Waals surface area contributed by atoms with E-state index in [4.69, 9.17) is 16.3 Å². The standard InChI is InChI=1S/C36H40ClN3O5S/c1-4-5-22-38-36(42)34(24-28-10-7-6-8-11-28)39(25-29-12-9-13-32(23-29)45-3)35(41)26-40(31-18-16-30(37)17-19-31)46(43,44)33-20-14-27(2)15-21-33/h6-21,23,34H,4-5,22,24-26H2,1-3H3,(H,38,42)/t34-/m1/s1. The van der Waals surface area contributed by atoms with E-state index in [0.717, 1.165) is 33.8 Å². The van der Waals surface area contributed by atoms with Gasteiger partial charge in [0.15, 0.2) is 0 Å². The van der Waals surface area contributed by atoms with E-state index in [2.05, 4.69) is 5.32 Å². The summed E-state index contributed by atoms with van der Waals surface area (Å²) in [5.74, 6) is -0.255. The summed E-state index contributed by atoms with van der Waals surface area (Å²) in [4.78, 5) is 29.9. The molecule has 10 heteroatoms. The maximum atomic E-state index is 14.5. The Kier molecular flexibility index (Phi) is 12.2. The van der Waals surface area contributed by atoms with Gasteiger partial charge in [-0.25, -0.2) is 8.42 Å². The number of sulfonamides is 1. The summed E-state index contributed by atoms with van der Waals surface area (Å²) < 4.78 is 34.7. The summed E-state index contributed by atoms with van der Waals surface area (Å²) in [5.41, 5.74) is 2.76. The fourth-order valence-electron chi connectivity index (χ4n) is 5.00. The van der Waals surface area contributed by atoms with Crippen molar-refractivity contribution in [1.29, 1.82) is 0 Å². The molecule has 8 nitrogen and oxygen atoms in total. The fourth-order valence-corrected chi connectivity index (χ4v) is 6.54. The van der Waals surface area contributed by atoms with Crippen LogP contribution in [-0.4, -0.2) is 51.4 Å². The number of ether oxygens (including phenoxy) is 1. The van der Waals surface area contributed by atoms with E-state index < -0.39 is 28.5 Å². The van der Waals surface area contributed by atoms with Crippen molar-refractivity contribution in [3.8, 4) is 5.75 Å². The molecule has 4 aromatic carbocycles. The molecule has 0 unspecified atom stereocenters. The molecule has 0 saturated carbocycles. The lowest BCUT2D eigenvalue weighted by molar-refractivity contribution is -0.140. The van der Waals surface area contributed by atoms with Crippen molar-refractivity contribution < 1.29 is 22.7 Å². The second-order valence-corrected chi connectivity index (χ2v) is 13.3. The smallest absolute Gasteiger partial charge is 0.264 e. The lowest BCUT2D eigenvalue weighted by Gasteiger charge is -2.34. The summed E-state index contributed by atoms with van der Waals surface area (Å²) in [5, 5.41) is 3.42. The predicted molar refractivity (Wildman–Crippen MR) is 183 cm³/mol. The summed E-state index contributed by atoms with van der Waals surface area (Å²) in [6.45, 7) is 3.86. The Labute approximate surface area is 277 Å². The number of halogens is 1. The van der Waals surface area contributed by atoms with Crippen LogP contribution in [0.25, 0.3) is 0 Å². The summed E-state index contributed by atoms with van der Waals surface area (Å²) >= 11 is 6.14. The Hall–Kier alpha value is -4.34. The van der Waals surface area contributed by atoms with Crippen LogP contribution in [0.5, 0.6) is 5.75 Å². The van der Waals surface area contributed by atoms with Gasteiger partial charge in [-0.3, -0.25) is 13.9 Å². The van der Waals surface area contributed by atoms with Crippen LogP contribution in [-0.2, 0) is 32.6 Å². The Morgan fingerprint density at radius 3 is 2.22 bits per heavy atom. The molecule has 2 amide bonds. The summed E-state index contributed by atoms with van der Waals surface area (Å²) in [6.07, 6.45) is 1.91. The second-order valence-electron chi connectivity index (χ2n) is 11.0. The number of anilines is 1. The molecule has 0 fully saturated rings. The van der Waals surface area contributed by atoms with Gasteiger partial charge in [-0.2, -0.15) is 0 Å². The molecule has 0 saturated heterocycles. The molecule has 0 heterocycles. The van der Waals surface area contributed by atoms with Gasteiger partial charge in [0.2, 0.25) is 11.8 Å². The molecule has 0 bridgehead atoms. The highest BCUT2D eigenvalue weighted by atomic mass is 35.5. The monoisotopic (exact) mass is 661 g/mol. The first-order valence-electron chi connectivity index (χ1n) is 15.2. The number of carbonyl (C=O) groups is 2. The van der Waals surface area contributed by atoms with Gasteiger partial charge in [-0.05, 0) is 73.0 Å². The zero-order chi connectivity index (χ0) is 33.1. The van der Waals surface area contributed by atoms with Crippen LogP contribution in [0, 0.1) is 6.92 Å². The lowest BCUT2D eigenvalue weighted by Crippen LogP contribution is -2.53. The quantitative estimate of drug-likeness (QED) is 0.149. The lowest BCUT2D eigenvalue weighted by atomic mass is 10.0. The van der Waals surface area contributed by atoms with Crippen LogP contribution in [0.1, 0.15) is 36.5 Å². The van der Waals surface area contributed by atoms with Crippen LogP contribution in [0.2, 0.25) is 5.02 Å². The number of rotatable bonds is 15. The van der Waals surface area contributed by atoms with Gasteiger partial charge in [0.05, 0.1) is 17.7 Å². The first-order chi connectivity index (χ1) is 22.1. The number of amides is 2. The van der Waals surface area contributed by atoms with E-state index in [0.29, 0.717) is 17.3 Å². The van der Waals surface area contributed by atoms with Crippen molar-refractivity contribution in [2.45, 2.75) is 50.6 Å². The van der Waals surface area contributed by atoms with Crippen LogP contribution in [0.3, 0.4) is 0 Å². The van der Waals surface area contributed by atoms with Crippen molar-refractivity contribution in [2.75, 3.05) is 24.5 Å². The van der Waals surface area contributed by atoms with Gasteiger partial charge < -0.3 is 15.0 Å². The Morgan fingerprint density at radius 1 is 0.891 bits per heavy atom. The van der Waals surface area contributed by atoms with Crippen LogP contribution >= 0.6 is 11.6 Å². The first-order valence-corrected chi connectivity index (χ1v) is 17.0. The minimum absolute atomic E-state index is 0.0401. The number of carbonyl (C=O) groups excluding carboxylic acids is 2. The van der Waals surface area contributed by atoms with E-state index in [9.17, 15) is 18.0 Å². The maximum Gasteiger partial charge on any atom is 0.264 e. The number of hydrogen-bond acceptors (Lipinski definition) is 5. The number of aryl methyl sites for hydroxylation is 1. The van der Waals surface area contributed by atoms with Crippen LogP contribution in [0.4, 0.5) is 5.69 Å². The number of nitrogens with one attached hydrogen (secondary N) is 1. The average Bonchev–Trinajstić information content (AvgIpc) is 3.06. The molecule has 1 N–H and O–H groups in total. The van der Waals surface area contributed by atoms with Crippen LogP contribution in [0.15, 0.2) is 108 Å². The summed E-state index contributed by atoms with van der Waals surface area (Å²) in [7, 11) is -2.64. The highest BCUT2D eigenvalue weighted by molar-refractivity contribution is 7.92.